The van der Waals surface area contributed by atoms with E-state index in [0.717, 1.165) is 19.4 Å². The molecule has 0 saturated heterocycles. The predicted octanol–water partition coefficient (Wildman–Crippen LogP) is 3.37. The number of carbonyl (C=O) groups excluding carboxylic acids is 3. The van der Waals surface area contributed by atoms with Gasteiger partial charge in [0.25, 0.3) is 11.8 Å². The third-order valence-electron chi connectivity index (χ3n) is 7.30. The van der Waals surface area contributed by atoms with Gasteiger partial charge < -0.3 is 27.6 Å². The van der Waals surface area contributed by atoms with Crippen LogP contribution >= 0.6 is 0 Å². The van der Waals surface area contributed by atoms with Crippen LogP contribution < -0.4 is 10.1 Å². The summed E-state index contributed by atoms with van der Waals surface area (Å²) in [7, 11) is 1.55. The van der Waals surface area contributed by atoms with Crippen molar-refractivity contribution in [1.29, 1.82) is 0 Å². The number of rotatable bonds is 8. The van der Waals surface area contributed by atoms with Gasteiger partial charge in [-0.3, -0.25) is 19.3 Å². The van der Waals surface area contributed by atoms with Crippen LogP contribution in [0.3, 0.4) is 0 Å². The van der Waals surface area contributed by atoms with Crippen molar-refractivity contribution >= 4 is 36.5 Å². The first-order chi connectivity index (χ1) is 18.1. The maximum absolute atomic E-state index is 16.1. The number of methoxy groups -OCH3 is 1. The van der Waals surface area contributed by atoms with Gasteiger partial charge in [-0.1, -0.05) is 0 Å². The number of amides is 3. The number of allylic oxidation sites excluding steroid dienone is 2. The summed E-state index contributed by atoms with van der Waals surface area (Å²) in [4.78, 5) is 36.7. The second kappa shape index (κ2) is 9.55. The topological polar surface area (TPSA) is 83.7 Å². The fourth-order valence-electron chi connectivity index (χ4n) is 5.35. The fraction of sp³-hybridized carbons (Fsp3) is 0.259. The molecule has 3 aliphatic heterocycles. The summed E-state index contributed by atoms with van der Waals surface area (Å²) >= 11 is 0. The first kappa shape index (κ1) is 25.4. The Morgan fingerprint density at radius 2 is 1.74 bits per heavy atom. The van der Waals surface area contributed by atoms with Crippen LogP contribution in [0.25, 0.3) is 17.3 Å². The maximum Gasteiger partial charge on any atom is 0.737 e. The molecule has 11 heteroatoms. The molecule has 38 heavy (non-hydrogen) atoms. The van der Waals surface area contributed by atoms with Crippen molar-refractivity contribution < 1.29 is 32.2 Å². The lowest BCUT2D eigenvalue weighted by Gasteiger charge is -2.31. The highest BCUT2D eigenvalue weighted by atomic mass is 19.2. The molecular weight excluding hydrogens is 493 g/mol. The number of nitrogens with one attached hydrogen (secondary N) is 1. The largest absolute Gasteiger partial charge is 0.737 e. The standard InChI is InChI=1S/C27H27BF2N4O4/c1-17-22(9-11-25(35)31-14-15-32-26(36)12-13-27(32)37)18(2)33-24(17)16-20-6-10-23(34(20)28(33,29)30)19-4-7-21(38-3)8-5-19/h4-8,10,12-13,16H,9,11,14-15H2,1-3H3,(H,31,35). The zero-order valence-corrected chi connectivity index (χ0v) is 21.3. The average molecular weight is 520 g/mol. The number of hydrogen-bond acceptors (Lipinski definition) is 4. The highest BCUT2D eigenvalue weighted by molar-refractivity contribution is 6.58. The van der Waals surface area contributed by atoms with Crippen LogP contribution in [0, 0.1) is 0 Å². The van der Waals surface area contributed by atoms with Crippen molar-refractivity contribution in [1.82, 2.24) is 14.7 Å². The van der Waals surface area contributed by atoms with E-state index >= 15 is 8.63 Å². The van der Waals surface area contributed by atoms with Crippen molar-refractivity contribution in [3.63, 3.8) is 0 Å². The number of benzene rings is 1. The highest BCUT2D eigenvalue weighted by Crippen LogP contribution is 2.40. The number of aromatic nitrogens is 1. The van der Waals surface area contributed by atoms with Crippen LogP contribution in [0.15, 0.2) is 65.4 Å². The monoisotopic (exact) mass is 520 g/mol. The molecule has 0 spiro atoms. The number of imide groups is 1. The first-order valence-electron chi connectivity index (χ1n) is 12.4. The third kappa shape index (κ3) is 4.17. The SMILES string of the molecule is COc1ccc(-c2ccc3n2[B-](F)(F)[N+]2=C(C)C(CCC(=O)NCCN4C(=O)C=CC4=O)=C(C)C2=C3)cc1. The third-order valence-corrected chi connectivity index (χ3v) is 7.30. The Labute approximate surface area is 218 Å². The molecule has 3 amide bonds. The molecule has 0 radical (unpaired) electrons. The lowest BCUT2D eigenvalue weighted by molar-refractivity contribution is -0.362. The number of fused-ring (bicyclic) bond motifs is 2. The van der Waals surface area contributed by atoms with E-state index in [2.05, 4.69) is 5.32 Å². The summed E-state index contributed by atoms with van der Waals surface area (Å²) in [5, 5.41) is 2.70. The summed E-state index contributed by atoms with van der Waals surface area (Å²) < 4.78 is 39.7. The predicted molar refractivity (Wildman–Crippen MR) is 140 cm³/mol. The fourth-order valence-corrected chi connectivity index (χ4v) is 5.35. The van der Waals surface area contributed by atoms with Crippen molar-refractivity contribution in [3.8, 4) is 17.0 Å². The summed E-state index contributed by atoms with van der Waals surface area (Å²) in [6.45, 7) is -0.525. The molecule has 8 nitrogen and oxygen atoms in total. The lowest BCUT2D eigenvalue weighted by Crippen LogP contribution is -2.50. The van der Waals surface area contributed by atoms with Gasteiger partial charge in [0.1, 0.15) is 11.5 Å². The second-order valence-corrected chi connectivity index (χ2v) is 9.43. The molecule has 4 heterocycles. The van der Waals surface area contributed by atoms with Gasteiger partial charge in [0.15, 0.2) is 5.70 Å². The molecule has 1 aromatic carbocycles. The Kier molecular flexibility index (Phi) is 6.38. The van der Waals surface area contributed by atoms with Gasteiger partial charge in [-0.05, 0) is 55.3 Å². The van der Waals surface area contributed by atoms with E-state index in [4.69, 9.17) is 4.74 Å². The first-order valence-corrected chi connectivity index (χ1v) is 12.4. The van der Waals surface area contributed by atoms with Crippen LogP contribution in [-0.4, -0.2) is 64.5 Å². The zero-order chi connectivity index (χ0) is 27.2. The number of halogens is 2. The molecule has 0 fully saturated rings. The van der Waals surface area contributed by atoms with Gasteiger partial charge in [0, 0.05) is 67.2 Å². The molecule has 0 saturated carbocycles. The lowest BCUT2D eigenvalue weighted by atomic mass is 9.89. The second-order valence-electron chi connectivity index (χ2n) is 9.43. The van der Waals surface area contributed by atoms with E-state index in [9.17, 15) is 14.4 Å². The minimum Gasteiger partial charge on any atom is -0.497 e. The molecule has 1 N–H and O–H groups in total. The van der Waals surface area contributed by atoms with Crippen molar-refractivity contribution in [2.45, 2.75) is 26.7 Å². The van der Waals surface area contributed by atoms with Gasteiger partial charge in [-0.2, -0.15) is 0 Å². The molecular formula is C27H27BF2N4O4. The zero-order valence-electron chi connectivity index (χ0n) is 21.3. The molecule has 196 valence electrons. The summed E-state index contributed by atoms with van der Waals surface area (Å²) in [6.07, 6.45) is 4.51. The molecule has 1 aromatic heterocycles. The smallest absolute Gasteiger partial charge is 0.497 e. The van der Waals surface area contributed by atoms with Crippen LogP contribution in [-0.2, 0) is 14.4 Å². The Hall–Kier alpha value is -4.28. The van der Waals surface area contributed by atoms with E-state index in [1.807, 2.05) is 0 Å². The van der Waals surface area contributed by atoms with Crippen LogP contribution in [0.4, 0.5) is 8.63 Å². The highest BCUT2D eigenvalue weighted by Gasteiger charge is 2.54. The van der Waals surface area contributed by atoms with E-state index < -0.39 is 18.8 Å². The van der Waals surface area contributed by atoms with Gasteiger partial charge in [0.05, 0.1) is 7.11 Å². The van der Waals surface area contributed by atoms with Gasteiger partial charge >= 0.3 is 6.97 Å². The number of hydrogen-bond donors (Lipinski definition) is 1. The van der Waals surface area contributed by atoms with E-state index in [1.54, 1.807) is 63.4 Å². The van der Waals surface area contributed by atoms with E-state index in [0.29, 0.717) is 39.7 Å². The Morgan fingerprint density at radius 3 is 2.39 bits per heavy atom. The van der Waals surface area contributed by atoms with Crippen LogP contribution in [0.1, 0.15) is 32.4 Å². The molecule has 0 atom stereocenters. The Balaban J connectivity index is 1.32. The van der Waals surface area contributed by atoms with Crippen molar-refractivity contribution in [3.05, 3.63) is 71.1 Å². The normalized spacial score (nSPS) is 17.7. The Bertz CT molecular complexity index is 1470. The minimum atomic E-state index is -4.19. The average Bonchev–Trinajstić information content (AvgIpc) is 3.54. The number of nitrogens with zero attached hydrogens (tertiary/aromatic N) is 3. The molecule has 2 aromatic rings. The molecule has 0 bridgehead atoms. The number of carbonyl (C=O) groups is 3. The van der Waals surface area contributed by atoms with Gasteiger partial charge in [0.2, 0.25) is 5.91 Å². The van der Waals surface area contributed by atoms with Gasteiger partial charge in [-0.15, -0.1) is 0 Å². The quantitative estimate of drug-likeness (QED) is 0.428. The van der Waals surface area contributed by atoms with Gasteiger partial charge in [-0.25, -0.2) is 0 Å². The number of ether oxygens (including phenoxy) is 1. The molecule has 0 aliphatic carbocycles. The van der Waals surface area contributed by atoms with E-state index in [-0.39, 0.29) is 31.8 Å². The minimum absolute atomic E-state index is 0.0771. The van der Waals surface area contributed by atoms with Crippen molar-refractivity contribution in [2.75, 3.05) is 20.2 Å². The summed E-state index contributed by atoms with van der Waals surface area (Å²) in [5.41, 5.74) is 3.76. The van der Waals surface area contributed by atoms with Crippen LogP contribution in [0.2, 0.25) is 0 Å². The summed E-state index contributed by atoms with van der Waals surface area (Å²) in [6, 6.07) is 10.4. The van der Waals surface area contributed by atoms with E-state index in [1.165, 1.54) is 12.2 Å². The summed E-state index contributed by atoms with van der Waals surface area (Å²) in [5.74, 6) is -0.454. The molecule has 0 unspecified atom stereocenters. The Morgan fingerprint density at radius 1 is 1.05 bits per heavy atom. The van der Waals surface area contributed by atoms with Crippen LogP contribution in [0.5, 0.6) is 5.75 Å². The molecule has 5 rings (SSSR count). The maximum atomic E-state index is 16.1. The molecule has 3 aliphatic rings. The van der Waals surface area contributed by atoms with Crippen molar-refractivity contribution in [2.24, 2.45) is 0 Å².